The van der Waals surface area contributed by atoms with Gasteiger partial charge in [0.2, 0.25) is 11.8 Å². The highest BCUT2D eigenvalue weighted by Gasteiger charge is 2.28. The van der Waals surface area contributed by atoms with E-state index in [2.05, 4.69) is 11.4 Å². The summed E-state index contributed by atoms with van der Waals surface area (Å²) >= 11 is 0. The summed E-state index contributed by atoms with van der Waals surface area (Å²) in [6.07, 6.45) is 5.16. The van der Waals surface area contributed by atoms with Gasteiger partial charge < -0.3 is 14.8 Å². The van der Waals surface area contributed by atoms with E-state index >= 15 is 0 Å². The fraction of sp³-hybridized carbons (Fsp3) is 0.474. The molecule has 2 heterocycles. The number of aromatic nitrogens is 1. The highest BCUT2D eigenvalue weighted by Crippen LogP contribution is 2.22. The molecular formula is C19H25N3O2. The molecule has 2 amide bonds. The Morgan fingerprint density at radius 2 is 2.12 bits per heavy atom. The van der Waals surface area contributed by atoms with Gasteiger partial charge in [0.15, 0.2) is 0 Å². The van der Waals surface area contributed by atoms with Crippen LogP contribution in [0.25, 0.3) is 10.9 Å². The average molecular weight is 327 g/mol. The molecule has 0 aliphatic carbocycles. The number of carbonyl (C=O) groups is 2. The lowest BCUT2D eigenvalue weighted by molar-refractivity contribution is -0.134. The summed E-state index contributed by atoms with van der Waals surface area (Å²) in [5.74, 6) is 0.0569. The van der Waals surface area contributed by atoms with Crippen molar-refractivity contribution in [1.29, 1.82) is 0 Å². The molecular weight excluding hydrogens is 302 g/mol. The van der Waals surface area contributed by atoms with Gasteiger partial charge in [0.1, 0.15) is 0 Å². The zero-order valence-corrected chi connectivity index (χ0v) is 14.4. The maximum Gasteiger partial charge on any atom is 0.229 e. The number of hydrogen-bond donors (Lipinski definition) is 1. The molecule has 3 rings (SSSR count). The molecule has 0 unspecified atom stereocenters. The molecule has 0 spiro atoms. The summed E-state index contributed by atoms with van der Waals surface area (Å²) in [5, 5.41) is 4.18. The summed E-state index contributed by atoms with van der Waals surface area (Å²) in [4.78, 5) is 26.5. The first-order valence-electron chi connectivity index (χ1n) is 8.72. The van der Waals surface area contributed by atoms with Crippen LogP contribution in [0.15, 0.2) is 30.5 Å². The van der Waals surface area contributed by atoms with Crippen LogP contribution in [-0.4, -0.2) is 34.4 Å². The van der Waals surface area contributed by atoms with E-state index in [0.29, 0.717) is 13.0 Å². The van der Waals surface area contributed by atoms with Gasteiger partial charge in [-0.25, -0.2) is 0 Å². The average Bonchev–Trinajstić information content (AvgIpc) is 2.96. The Hall–Kier alpha value is -2.30. The molecule has 1 aromatic carbocycles. The molecule has 0 radical (unpaired) electrons. The van der Waals surface area contributed by atoms with Crippen molar-refractivity contribution in [2.45, 2.75) is 32.6 Å². The van der Waals surface area contributed by atoms with Gasteiger partial charge in [-0.2, -0.15) is 0 Å². The molecule has 1 N–H and O–H groups in total. The Bertz CT molecular complexity index is 750. The fourth-order valence-electron chi connectivity index (χ4n) is 3.37. The third-order valence-electron chi connectivity index (χ3n) is 4.76. The molecule has 1 aliphatic rings. The number of benzene rings is 1. The molecule has 0 bridgehead atoms. The van der Waals surface area contributed by atoms with Crippen LogP contribution in [-0.2, 0) is 16.6 Å². The maximum absolute atomic E-state index is 12.6. The van der Waals surface area contributed by atoms with Crippen LogP contribution in [0, 0.1) is 5.92 Å². The van der Waals surface area contributed by atoms with Gasteiger partial charge in [-0.3, -0.25) is 9.59 Å². The lowest BCUT2D eigenvalue weighted by Crippen LogP contribution is -2.43. The zero-order chi connectivity index (χ0) is 17.1. The Balaban J connectivity index is 1.66. The SMILES string of the molecule is CCCC(=O)N1CCC[C@@H](C(=O)Nc2ccc3ccn(C)c3c2)C1. The summed E-state index contributed by atoms with van der Waals surface area (Å²) in [6.45, 7) is 3.32. The molecule has 128 valence electrons. The summed E-state index contributed by atoms with van der Waals surface area (Å²) in [6, 6.07) is 8.00. The van der Waals surface area contributed by atoms with Crippen molar-refractivity contribution in [3.63, 3.8) is 0 Å². The number of piperidine rings is 1. The molecule has 5 heteroatoms. The van der Waals surface area contributed by atoms with E-state index in [4.69, 9.17) is 0 Å². The van der Waals surface area contributed by atoms with Gasteiger partial charge in [0, 0.05) is 44.0 Å². The summed E-state index contributed by atoms with van der Waals surface area (Å²) in [5.41, 5.74) is 1.91. The molecule has 24 heavy (non-hydrogen) atoms. The minimum absolute atomic E-state index is 0.0116. The Morgan fingerprint density at radius 3 is 2.92 bits per heavy atom. The van der Waals surface area contributed by atoms with E-state index in [-0.39, 0.29) is 17.7 Å². The Morgan fingerprint density at radius 1 is 1.29 bits per heavy atom. The number of aryl methyl sites for hydroxylation is 1. The van der Waals surface area contributed by atoms with Gasteiger partial charge in [0.25, 0.3) is 0 Å². The van der Waals surface area contributed by atoms with Gasteiger partial charge in [-0.05, 0) is 42.8 Å². The second-order valence-corrected chi connectivity index (χ2v) is 6.62. The van der Waals surface area contributed by atoms with Crippen molar-refractivity contribution in [1.82, 2.24) is 9.47 Å². The van der Waals surface area contributed by atoms with E-state index < -0.39 is 0 Å². The number of anilines is 1. The lowest BCUT2D eigenvalue weighted by Gasteiger charge is -2.32. The number of amides is 2. The van der Waals surface area contributed by atoms with Crippen molar-refractivity contribution in [3.05, 3.63) is 30.5 Å². The lowest BCUT2D eigenvalue weighted by atomic mass is 9.96. The van der Waals surface area contributed by atoms with Crippen LogP contribution in [0.4, 0.5) is 5.69 Å². The Labute approximate surface area is 142 Å². The predicted molar refractivity (Wildman–Crippen MR) is 95.8 cm³/mol. The number of nitrogens with zero attached hydrogens (tertiary/aromatic N) is 2. The maximum atomic E-state index is 12.6. The first-order valence-corrected chi connectivity index (χ1v) is 8.72. The van der Waals surface area contributed by atoms with Crippen molar-refractivity contribution < 1.29 is 9.59 Å². The van der Waals surface area contributed by atoms with Crippen molar-refractivity contribution in [3.8, 4) is 0 Å². The van der Waals surface area contributed by atoms with Crippen LogP contribution >= 0.6 is 0 Å². The number of rotatable bonds is 4. The second-order valence-electron chi connectivity index (χ2n) is 6.62. The van der Waals surface area contributed by atoms with E-state index in [1.807, 2.05) is 47.8 Å². The molecule has 1 saturated heterocycles. The van der Waals surface area contributed by atoms with Gasteiger partial charge in [0.05, 0.1) is 5.92 Å². The van der Waals surface area contributed by atoms with Gasteiger partial charge in [-0.15, -0.1) is 0 Å². The monoisotopic (exact) mass is 327 g/mol. The van der Waals surface area contributed by atoms with Gasteiger partial charge in [-0.1, -0.05) is 13.0 Å². The predicted octanol–water partition coefficient (Wildman–Crippen LogP) is 3.16. The van der Waals surface area contributed by atoms with Crippen LogP contribution in [0.5, 0.6) is 0 Å². The standard InChI is InChI=1S/C19H25N3O2/c1-3-5-18(23)22-10-4-6-15(13-22)19(24)20-16-8-7-14-9-11-21(2)17(14)12-16/h7-9,11-12,15H,3-6,10,13H2,1-2H3,(H,20,24)/t15-/m1/s1. The molecule has 2 aromatic rings. The zero-order valence-electron chi connectivity index (χ0n) is 14.4. The number of hydrogen-bond acceptors (Lipinski definition) is 2. The highest BCUT2D eigenvalue weighted by atomic mass is 16.2. The fourth-order valence-corrected chi connectivity index (χ4v) is 3.37. The van der Waals surface area contributed by atoms with Crippen LogP contribution in [0.3, 0.4) is 0 Å². The topological polar surface area (TPSA) is 54.3 Å². The third kappa shape index (κ3) is 3.45. The molecule has 1 fully saturated rings. The molecule has 1 aliphatic heterocycles. The normalized spacial score (nSPS) is 17.9. The van der Waals surface area contributed by atoms with E-state index in [1.54, 1.807) is 0 Å². The van der Waals surface area contributed by atoms with Crippen molar-refractivity contribution in [2.24, 2.45) is 13.0 Å². The quantitative estimate of drug-likeness (QED) is 0.938. The Kier molecular flexibility index (Phi) is 4.88. The minimum Gasteiger partial charge on any atom is -0.350 e. The first-order chi connectivity index (χ1) is 11.6. The van der Waals surface area contributed by atoms with E-state index in [1.165, 1.54) is 0 Å². The van der Waals surface area contributed by atoms with E-state index in [9.17, 15) is 9.59 Å². The largest absolute Gasteiger partial charge is 0.350 e. The number of fused-ring (bicyclic) bond motifs is 1. The molecule has 1 atom stereocenters. The second kappa shape index (κ2) is 7.07. The number of likely N-dealkylation sites (tertiary alicyclic amines) is 1. The van der Waals surface area contributed by atoms with Crippen molar-refractivity contribution >= 4 is 28.4 Å². The molecule has 0 saturated carbocycles. The number of nitrogens with one attached hydrogen (secondary N) is 1. The highest BCUT2D eigenvalue weighted by molar-refractivity contribution is 5.95. The first kappa shape index (κ1) is 16.6. The third-order valence-corrected chi connectivity index (χ3v) is 4.76. The summed E-state index contributed by atoms with van der Waals surface area (Å²) in [7, 11) is 1.99. The minimum atomic E-state index is -0.122. The molecule has 1 aromatic heterocycles. The van der Waals surface area contributed by atoms with Crippen LogP contribution in [0.1, 0.15) is 32.6 Å². The number of carbonyl (C=O) groups excluding carboxylic acids is 2. The summed E-state index contributed by atoms with van der Waals surface area (Å²) < 4.78 is 2.04. The van der Waals surface area contributed by atoms with E-state index in [0.717, 1.165) is 42.4 Å². The van der Waals surface area contributed by atoms with Crippen LogP contribution < -0.4 is 5.32 Å². The van der Waals surface area contributed by atoms with Crippen LogP contribution in [0.2, 0.25) is 0 Å². The van der Waals surface area contributed by atoms with Crippen molar-refractivity contribution in [2.75, 3.05) is 18.4 Å². The van der Waals surface area contributed by atoms with Gasteiger partial charge >= 0.3 is 0 Å². The smallest absolute Gasteiger partial charge is 0.229 e. The molecule has 5 nitrogen and oxygen atoms in total.